The van der Waals surface area contributed by atoms with E-state index in [0.29, 0.717) is 6.04 Å². The highest BCUT2D eigenvalue weighted by molar-refractivity contribution is 8.00. The van der Waals surface area contributed by atoms with Gasteiger partial charge in [0.2, 0.25) is 0 Å². The number of thioether (sulfide) groups is 1. The minimum absolute atomic E-state index is 0.280. The van der Waals surface area contributed by atoms with Gasteiger partial charge in [-0.2, -0.15) is 11.8 Å². The van der Waals surface area contributed by atoms with Crippen LogP contribution >= 0.6 is 11.8 Å². The molecule has 1 saturated carbocycles. The summed E-state index contributed by atoms with van der Waals surface area (Å²) in [6, 6.07) is 1.13. The third-order valence-electron chi connectivity index (χ3n) is 3.99. The van der Waals surface area contributed by atoms with Crippen molar-refractivity contribution in [2.24, 2.45) is 0 Å². The normalized spacial score (nSPS) is 27.4. The van der Waals surface area contributed by atoms with Crippen LogP contribution in [0.5, 0.6) is 0 Å². The molecule has 2 aliphatic rings. The van der Waals surface area contributed by atoms with E-state index in [9.17, 15) is 8.42 Å². The standard InChI is InChI=1S/C13H26N2O2S2/c1-11(4-3-7-14-12-5-6-12)15-8-9-18-10-13(15)19(2,16)17/h11-14H,3-10H2,1-2H3. The lowest BCUT2D eigenvalue weighted by atomic mass is 10.1. The molecule has 0 aromatic carbocycles. The average Bonchev–Trinajstić information content (AvgIpc) is 3.17. The Morgan fingerprint density at radius 1 is 1.42 bits per heavy atom. The van der Waals surface area contributed by atoms with Gasteiger partial charge in [-0.15, -0.1) is 0 Å². The van der Waals surface area contributed by atoms with Crippen LogP contribution in [0.2, 0.25) is 0 Å². The molecular weight excluding hydrogens is 280 g/mol. The first-order valence-corrected chi connectivity index (χ1v) is 10.3. The second-order valence-electron chi connectivity index (χ2n) is 5.82. The minimum atomic E-state index is -2.96. The van der Waals surface area contributed by atoms with E-state index in [4.69, 9.17) is 0 Å². The average molecular weight is 306 g/mol. The summed E-state index contributed by atoms with van der Waals surface area (Å²) < 4.78 is 23.7. The van der Waals surface area contributed by atoms with Crippen molar-refractivity contribution in [2.45, 2.75) is 50.1 Å². The maximum atomic E-state index is 11.9. The van der Waals surface area contributed by atoms with Gasteiger partial charge >= 0.3 is 0 Å². The van der Waals surface area contributed by atoms with E-state index in [1.165, 1.54) is 19.1 Å². The zero-order valence-corrected chi connectivity index (χ0v) is 13.6. The van der Waals surface area contributed by atoms with Crippen molar-refractivity contribution in [1.82, 2.24) is 10.2 Å². The molecule has 0 aromatic rings. The summed E-state index contributed by atoms with van der Waals surface area (Å²) in [6.07, 6.45) is 6.25. The number of nitrogens with one attached hydrogen (secondary N) is 1. The van der Waals surface area contributed by atoms with Gasteiger partial charge in [0, 0.05) is 36.4 Å². The van der Waals surface area contributed by atoms with Gasteiger partial charge in [0.05, 0.1) is 0 Å². The summed E-state index contributed by atoms with van der Waals surface area (Å²) in [6.45, 7) is 4.14. The molecule has 0 radical (unpaired) electrons. The van der Waals surface area contributed by atoms with Crippen LogP contribution in [-0.2, 0) is 9.84 Å². The van der Waals surface area contributed by atoms with Crippen LogP contribution in [0.25, 0.3) is 0 Å². The van der Waals surface area contributed by atoms with Gasteiger partial charge in [0.15, 0.2) is 9.84 Å². The van der Waals surface area contributed by atoms with Crippen molar-refractivity contribution in [3.05, 3.63) is 0 Å². The molecule has 2 atom stereocenters. The molecule has 6 heteroatoms. The Morgan fingerprint density at radius 3 is 2.79 bits per heavy atom. The van der Waals surface area contributed by atoms with Crippen LogP contribution in [0.1, 0.15) is 32.6 Å². The summed E-state index contributed by atoms with van der Waals surface area (Å²) in [7, 11) is -2.96. The first-order chi connectivity index (χ1) is 8.98. The first kappa shape index (κ1) is 15.6. The molecular formula is C13H26N2O2S2. The van der Waals surface area contributed by atoms with Crippen LogP contribution in [-0.4, -0.2) is 61.6 Å². The van der Waals surface area contributed by atoms with E-state index >= 15 is 0 Å². The Labute approximate surface area is 121 Å². The van der Waals surface area contributed by atoms with E-state index in [0.717, 1.165) is 43.5 Å². The number of hydrogen-bond acceptors (Lipinski definition) is 5. The van der Waals surface area contributed by atoms with Crippen LogP contribution in [0.3, 0.4) is 0 Å². The summed E-state index contributed by atoms with van der Waals surface area (Å²) in [5.74, 6) is 1.78. The zero-order chi connectivity index (χ0) is 13.9. The van der Waals surface area contributed by atoms with Crippen LogP contribution in [0, 0.1) is 0 Å². The summed E-state index contributed by atoms with van der Waals surface area (Å²) in [5.41, 5.74) is 0. The minimum Gasteiger partial charge on any atom is -0.314 e. The van der Waals surface area contributed by atoms with Crippen molar-refractivity contribution in [3.8, 4) is 0 Å². The Balaban J connectivity index is 1.78. The van der Waals surface area contributed by atoms with Crippen molar-refractivity contribution >= 4 is 21.6 Å². The maximum absolute atomic E-state index is 11.9. The second kappa shape index (κ2) is 6.78. The molecule has 2 fully saturated rings. The topological polar surface area (TPSA) is 49.4 Å². The lowest BCUT2D eigenvalue weighted by Crippen LogP contribution is -2.51. The van der Waals surface area contributed by atoms with Crippen LogP contribution in [0.15, 0.2) is 0 Å². The Hall–Kier alpha value is 0.220. The predicted molar refractivity (Wildman–Crippen MR) is 82.4 cm³/mol. The summed E-state index contributed by atoms with van der Waals surface area (Å²) in [4.78, 5) is 2.20. The fourth-order valence-corrected chi connectivity index (χ4v) is 5.61. The Morgan fingerprint density at radius 2 is 2.16 bits per heavy atom. The molecule has 0 spiro atoms. The largest absolute Gasteiger partial charge is 0.314 e. The van der Waals surface area contributed by atoms with E-state index in [1.807, 2.05) is 0 Å². The lowest BCUT2D eigenvalue weighted by molar-refractivity contribution is 0.193. The zero-order valence-electron chi connectivity index (χ0n) is 12.0. The first-order valence-electron chi connectivity index (χ1n) is 7.24. The van der Waals surface area contributed by atoms with E-state index < -0.39 is 9.84 Å². The molecule has 1 N–H and O–H groups in total. The van der Waals surface area contributed by atoms with E-state index in [2.05, 4.69) is 17.1 Å². The van der Waals surface area contributed by atoms with Gasteiger partial charge in [-0.05, 0) is 39.2 Å². The van der Waals surface area contributed by atoms with Gasteiger partial charge in [-0.25, -0.2) is 8.42 Å². The fourth-order valence-electron chi connectivity index (χ4n) is 2.62. The van der Waals surface area contributed by atoms with Crippen LogP contribution < -0.4 is 5.32 Å². The summed E-state index contributed by atoms with van der Waals surface area (Å²) >= 11 is 1.76. The quantitative estimate of drug-likeness (QED) is 0.719. The van der Waals surface area contributed by atoms with Gasteiger partial charge in [-0.3, -0.25) is 4.90 Å². The molecule has 112 valence electrons. The third kappa shape index (κ3) is 4.92. The van der Waals surface area contributed by atoms with Crippen molar-refractivity contribution in [2.75, 3.05) is 30.9 Å². The second-order valence-corrected chi connectivity index (χ2v) is 9.17. The maximum Gasteiger partial charge on any atom is 0.164 e. The number of hydrogen-bond donors (Lipinski definition) is 1. The van der Waals surface area contributed by atoms with Crippen LogP contribution in [0.4, 0.5) is 0 Å². The van der Waals surface area contributed by atoms with Crippen molar-refractivity contribution < 1.29 is 8.42 Å². The number of nitrogens with zero attached hydrogens (tertiary/aromatic N) is 1. The highest BCUT2D eigenvalue weighted by Crippen LogP contribution is 2.24. The van der Waals surface area contributed by atoms with Gasteiger partial charge < -0.3 is 5.32 Å². The van der Waals surface area contributed by atoms with Gasteiger partial charge in [0.1, 0.15) is 5.37 Å². The van der Waals surface area contributed by atoms with Gasteiger partial charge in [-0.1, -0.05) is 0 Å². The molecule has 0 aromatic heterocycles. The molecule has 1 saturated heterocycles. The Bertz CT molecular complexity index is 382. The molecule has 1 heterocycles. The van der Waals surface area contributed by atoms with Gasteiger partial charge in [0.25, 0.3) is 0 Å². The summed E-state index contributed by atoms with van der Waals surface area (Å²) in [5, 5.41) is 3.24. The molecule has 1 aliphatic heterocycles. The lowest BCUT2D eigenvalue weighted by Gasteiger charge is -2.38. The fraction of sp³-hybridized carbons (Fsp3) is 1.00. The highest BCUT2D eigenvalue weighted by Gasteiger charge is 2.33. The molecule has 2 unspecified atom stereocenters. The molecule has 2 rings (SSSR count). The predicted octanol–water partition coefficient (Wildman–Crippen LogP) is 1.33. The van der Waals surface area contributed by atoms with Crippen molar-refractivity contribution in [1.29, 1.82) is 0 Å². The molecule has 4 nitrogen and oxygen atoms in total. The number of sulfone groups is 1. The smallest absolute Gasteiger partial charge is 0.164 e. The third-order valence-corrected chi connectivity index (χ3v) is 6.65. The molecule has 1 aliphatic carbocycles. The van der Waals surface area contributed by atoms with E-state index in [-0.39, 0.29) is 5.37 Å². The molecule has 0 amide bonds. The highest BCUT2D eigenvalue weighted by atomic mass is 32.2. The molecule has 0 bridgehead atoms. The molecule has 19 heavy (non-hydrogen) atoms. The van der Waals surface area contributed by atoms with E-state index in [1.54, 1.807) is 11.8 Å². The van der Waals surface area contributed by atoms with Crippen molar-refractivity contribution in [3.63, 3.8) is 0 Å². The number of rotatable bonds is 7. The SMILES string of the molecule is CC(CCCNC1CC1)N1CCSCC1S(C)(=O)=O. The Kier molecular flexibility index (Phi) is 5.57. The monoisotopic (exact) mass is 306 g/mol.